The highest BCUT2D eigenvalue weighted by atomic mass is 16.5. The Kier molecular flexibility index (Phi) is 5.99. The van der Waals surface area contributed by atoms with E-state index in [2.05, 4.69) is 26.9 Å². The summed E-state index contributed by atoms with van der Waals surface area (Å²) in [6.07, 6.45) is 0.828. The molecule has 0 saturated heterocycles. The zero-order valence-corrected chi connectivity index (χ0v) is 15.4. The van der Waals surface area contributed by atoms with Crippen LogP contribution in [0.1, 0.15) is 21.6 Å². The highest BCUT2D eigenvalue weighted by molar-refractivity contribution is 6.02. The van der Waals surface area contributed by atoms with Crippen LogP contribution in [0.5, 0.6) is 5.75 Å². The van der Waals surface area contributed by atoms with Crippen LogP contribution in [0.2, 0.25) is 0 Å². The zero-order valence-electron chi connectivity index (χ0n) is 15.4. The van der Waals surface area contributed by atoms with E-state index in [-0.39, 0.29) is 11.6 Å². The van der Waals surface area contributed by atoms with Crippen LogP contribution in [0.25, 0.3) is 0 Å². The molecule has 0 saturated carbocycles. The first kappa shape index (κ1) is 18.4. The number of methoxy groups -OCH3 is 1. The van der Waals surface area contributed by atoms with Crippen LogP contribution in [0.4, 0.5) is 11.5 Å². The third-order valence-corrected chi connectivity index (χ3v) is 4.03. The van der Waals surface area contributed by atoms with Crippen molar-refractivity contribution in [3.8, 4) is 5.75 Å². The van der Waals surface area contributed by atoms with Crippen LogP contribution in [0.15, 0.2) is 60.7 Å². The molecule has 2 N–H and O–H groups in total. The molecule has 6 nitrogen and oxygen atoms in total. The standard InChI is InChI=1S/C21H22N4O2/c1-15-5-3-7-17(13-15)23-21(26)19-9-10-20(25-24-19)22-12-11-16-6-4-8-18(14-16)27-2/h3-10,13-14H,11-12H2,1-2H3,(H,22,25)(H,23,26). The number of amides is 1. The number of carbonyl (C=O) groups excluding carboxylic acids is 1. The van der Waals surface area contributed by atoms with E-state index >= 15 is 0 Å². The zero-order chi connectivity index (χ0) is 19.1. The molecule has 27 heavy (non-hydrogen) atoms. The van der Waals surface area contributed by atoms with Crippen LogP contribution >= 0.6 is 0 Å². The van der Waals surface area contributed by atoms with E-state index in [9.17, 15) is 4.79 Å². The third kappa shape index (κ3) is 5.28. The number of hydrogen-bond donors (Lipinski definition) is 2. The van der Waals surface area contributed by atoms with Crippen LogP contribution < -0.4 is 15.4 Å². The first-order valence-electron chi connectivity index (χ1n) is 8.72. The van der Waals surface area contributed by atoms with Crippen molar-refractivity contribution >= 4 is 17.4 Å². The summed E-state index contributed by atoms with van der Waals surface area (Å²) in [4.78, 5) is 12.3. The van der Waals surface area contributed by atoms with Gasteiger partial charge in [0.25, 0.3) is 5.91 Å². The minimum atomic E-state index is -0.281. The van der Waals surface area contributed by atoms with Gasteiger partial charge in [0, 0.05) is 12.2 Å². The van der Waals surface area contributed by atoms with Gasteiger partial charge in [0.05, 0.1) is 7.11 Å². The predicted molar refractivity (Wildman–Crippen MR) is 106 cm³/mol. The van der Waals surface area contributed by atoms with Gasteiger partial charge in [-0.05, 0) is 60.9 Å². The van der Waals surface area contributed by atoms with Crippen molar-refractivity contribution in [2.75, 3.05) is 24.3 Å². The highest BCUT2D eigenvalue weighted by Crippen LogP contribution is 2.14. The van der Waals surface area contributed by atoms with Crippen LogP contribution in [0.3, 0.4) is 0 Å². The number of hydrogen-bond acceptors (Lipinski definition) is 5. The van der Waals surface area contributed by atoms with E-state index in [4.69, 9.17) is 4.74 Å². The Labute approximate surface area is 158 Å². The summed E-state index contributed by atoms with van der Waals surface area (Å²) < 4.78 is 5.22. The lowest BCUT2D eigenvalue weighted by Gasteiger charge is -2.08. The van der Waals surface area contributed by atoms with Gasteiger partial charge in [-0.1, -0.05) is 24.3 Å². The lowest BCUT2D eigenvalue weighted by molar-refractivity contribution is 0.102. The number of ether oxygens (including phenoxy) is 1. The van der Waals surface area contributed by atoms with Crippen LogP contribution in [-0.2, 0) is 6.42 Å². The number of rotatable bonds is 7. The summed E-state index contributed by atoms with van der Waals surface area (Å²) in [6.45, 7) is 2.68. The SMILES string of the molecule is COc1cccc(CCNc2ccc(C(=O)Nc3cccc(C)c3)nn2)c1. The molecule has 1 heterocycles. The Morgan fingerprint density at radius 2 is 1.89 bits per heavy atom. The quantitative estimate of drug-likeness (QED) is 0.670. The molecule has 0 aliphatic heterocycles. The van der Waals surface area contributed by atoms with Crippen molar-refractivity contribution in [1.29, 1.82) is 0 Å². The van der Waals surface area contributed by atoms with Gasteiger partial charge in [0.1, 0.15) is 11.6 Å². The van der Waals surface area contributed by atoms with Gasteiger partial charge in [-0.2, -0.15) is 0 Å². The molecule has 3 aromatic rings. The number of nitrogens with zero attached hydrogens (tertiary/aromatic N) is 2. The number of aryl methyl sites for hydroxylation is 1. The minimum Gasteiger partial charge on any atom is -0.497 e. The maximum atomic E-state index is 12.3. The first-order valence-corrected chi connectivity index (χ1v) is 8.72. The molecular weight excluding hydrogens is 340 g/mol. The molecule has 0 bridgehead atoms. The van der Waals surface area contributed by atoms with Crippen LogP contribution in [-0.4, -0.2) is 29.8 Å². The second-order valence-corrected chi connectivity index (χ2v) is 6.16. The van der Waals surface area contributed by atoms with Gasteiger partial charge in [0.15, 0.2) is 5.69 Å². The lowest BCUT2D eigenvalue weighted by Crippen LogP contribution is -2.15. The van der Waals surface area contributed by atoms with Crippen molar-refractivity contribution in [3.05, 3.63) is 77.5 Å². The maximum Gasteiger partial charge on any atom is 0.276 e. The average Bonchev–Trinajstić information content (AvgIpc) is 2.69. The summed E-state index contributed by atoms with van der Waals surface area (Å²) >= 11 is 0. The second kappa shape index (κ2) is 8.80. The molecular formula is C21H22N4O2. The summed E-state index contributed by atoms with van der Waals surface area (Å²) in [5.41, 5.74) is 3.26. The smallest absolute Gasteiger partial charge is 0.276 e. The highest BCUT2D eigenvalue weighted by Gasteiger charge is 2.09. The largest absolute Gasteiger partial charge is 0.497 e. The molecule has 1 amide bonds. The predicted octanol–water partition coefficient (Wildman–Crippen LogP) is 3.70. The van der Waals surface area contributed by atoms with E-state index < -0.39 is 0 Å². The molecule has 138 valence electrons. The van der Waals surface area contributed by atoms with Gasteiger partial charge in [-0.25, -0.2) is 0 Å². The average molecular weight is 362 g/mol. The third-order valence-electron chi connectivity index (χ3n) is 4.03. The Morgan fingerprint density at radius 3 is 2.63 bits per heavy atom. The number of aromatic nitrogens is 2. The topological polar surface area (TPSA) is 76.1 Å². The minimum absolute atomic E-state index is 0.273. The molecule has 0 radical (unpaired) electrons. The molecule has 2 aromatic carbocycles. The number of nitrogens with one attached hydrogen (secondary N) is 2. The Bertz CT molecular complexity index is 910. The fourth-order valence-electron chi connectivity index (χ4n) is 2.63. The monoisotopic (exact) mass is 362 g/mol. The Hall–Kier alpha value is -3.41. The normalized spacial score (nSPS) is 10.3. The van der Waals surface area contributed by atoms with Gasteiger partial charge in [-0.15, -0.1) is 10.2 Å². The molecule has 3 rings (SSSR count). The van der Waals surface area contributed by atoms with Gasteiger partial charge < -0.3 is 15.4 Å². The molecule has 0 aliphatic carbocycles. The van der Waals surface area contributed by atoms with E-state index in [1.165, 1.54) is 5.56 Å². The summed E-state index contributed by atoms with van der Waals surface area (Å²) in [5.74, 6) is 1.19. The summed E-state index contributed by atoms with van der Waals surface area (Å²) in [5, 5.41) is 14.1. The molecule has 0 spiro atoms. The van der Waals surface area contributed by atoms with Gasteiger partial charge in [-0.3, -0.25) is 4.79 Å². The number of anilines is 2. The molecule has 6 heteroatoms. The van der Waals surface area contributed by atoms with E-state index in [0.29, 0.717) is 12.4 Å². The molecule has 0 unspecified atom stereocenters. The fourth-order valence-corrected chi connectivity index (χ4v) is 2.63. The summed E-state index contributed by atoms with van der Waals surface area (Å²) in [7, 11) is 1.66. The Balaban J connectivity index is 1.53. The Morgan fingerprint density at radius 1 is 1.04 bits per heavy atom. The van der Waals surface area contributed by atoms with E-state index in [0.717, 1.165) is 23.4 Å². The van der Waals surface area contributed by atoms with Gasteiger partial charge >= 0.3 is 0 Å². The van der Waals surface area contributed by atoms with Crippen molar-refractivity contribution in [2.24, 2.45) is 0 Å². The fraction of sp³-hybridized carbons (Fsp3) is 0.190. The molecule has 0 aliphatic rings. The van der Waals surface area contributed by atoms with Gasteiger partial charge in [0.2, 0.25) is 0 Å². The lowest BCUT2D eigenvalue weighted by atomic mass is 10.1. The van der Waals surface area contributed by atoms with E-state index in [1.54, 1.807) is 19.2 Å². The molecule has 1 aromatic heterocycles. The van der Waals surface area contributed by atoms with Crippen LogP contribution in [0, 0.1) is 6.92 Å². The maximum absolute atomic E-state index is 12.3. The number of benzene rings is 2. The second-order valence-electron chi connectivity index (χ2n) is 6.16. The number of carbonyl (C=O) groups is 1. The van der Waals surface area contributed by atoms with Crippen molar-refractivity contribution in [2.45, 2.75) is 13.3 Å². The molecule has 0 atom stereocenters. The first-order chi connectivity index (χ1) is 13.1. The molecule has 0 fully saturated rings. The van der Waals surface area contributed by atoms with Crippen molar-refractivity contribution in [1.82, 2.24) is 10.2 Å². The van der Waals surface area contributed by atoms with Crippen molar-refractivity contribution < 1.29 is 9.53 Å². The summed E-state index contributed by atoms with van der Waals surface area (Å²) in [6, 6.07) is 19.0. The van der Waals surface area contributed by atoms with E-state index in [1.807, 2.05) is 49.4 Å². The van der Waals surface area contributed by atoms with Crippen molar-refractivity contribution in [3.63, 3.8) is 0 Å².